The first kappa shape index (κ1) is 20.7. The fraction of sp³-hybridized carbons (Fsp3) is 0.550. The van der Waals surface area contributed by atoms with Crippen molar-refractivity contribution in [2.24, 2.45) is 23.5 Å². The van der Waals surface area contributed by atoms with Crippen LogP contribution in [0.25, 0.3) is 0 Å². The molecule has 2 fully saturated rings. The molecule has 0 aliphatic heterocycles. The number of aryl methyl sites for hydroxylation is 1. The van der Waals surface area contributed by atoms with Crippen molar-refractivity contribution in [3.05, 3.63) is 47.4 Å². The van der Waals surface area contributed by atoms with Gasteiger partial charge in [0.2, 0.25) is 11.8 Å². The number of nitrogens with zero attached hydrogens (tertiary/aromatic N) is 2. The van der Waals surface area contributed by atoms with E-state index in [1.54, 1.807) is 25.1 Å². The van der Waals surface area contributed by atoms with Gasteiger partial charge in [0.05, 0.1) is 0 Å². The highest BCUT2D eigenvalue weighted by Gasteiger charge is 2.41. The molecule has 2 aliphatic carbocycles. The van der Waals surface area contributed by atoms with Crippen LogP contribution in [0.5, 0.6) is 0 Å². The van der Waals surface area contributed by atoms with Crippen molar-refractivity contribution < 1.29 is 13.7 Å². The van der Waals surface area contributed by atoms with Gasteiger partial charge in [-0.25, -0.2) is 4.39 Å². The molecule has 1 amide bonds. The van der Waals surface area contributed by atoms with Gasteiger partial charge in [-0.3, -0.25) is 4.79 Å². The first-order valence-corrected chi connectivity index (χ1v) is 9.63. The first-order chi connectivity index (χ1) is 13.0. The predicted molar refractivity (Wildman–Crippen MR) is 104 cm³/mol. The molecule has 0 saturated heterocycles. The highest BCUT2D eigenvalue weighted by atomic mass is 35.5. The van der Waals surface area contributed by atoms with E-state index < -0.39 is 11.9 Å². The fourth-order valence-electron chi connectivity index (χ4n) is 4.69. The molecule has 0 radical (unpaired) electrons. The number of benzene rings is 1. The van der Waals surface area contributed by atoms with Crippen molar-refractivity contribution in [3.8, 4) is 0 Å². The third kappa shape index (κ3) is 4.05. The third-order valence-corrected chi connectivity index (χ3v) is 6.09. The van der Waals surface area contributed by atoms with Gasteiger partial charge in [-0.2, -0.15) is 4.98 Å². The van der Waals surface area contributed by atoms with Crippen molar-refractivity contribution >= 4 is 18.3 Å². The molecule has 2 bridgehead atoms. The molecule has 28 heavy (non-hydrogen) atoms. The Morgan fingerprint density at radius 1 is 1.29 bits per heavy atom. The van der Waals surface area contributed by atoms with E-state index in [0.29, 0.717) is 23.3 Å². The van der Waals surface area contributed by atoms with Crippen LogP contribution in [0.4, 0.5) is 4.39 Å². The molecule has 3 N–H and O–H groups in total. The zero-order valence-corrected chi connectivity index (χ0v) is 16.6. The predicted octanol–water partition coefficient (Wildman–Crippen LogP) is 3.30. The Balaban J connectivity index is 0.00000225. The normalized spacial score (nSPS) is 27.5. The SMILES string of the molecule is Cc1nc(C(NC(=O)C2CC3CCCC(C2)C3N)c2ccccc2F)no1.Cl. The van der Waals surface area contributed by atoms with Gasteiger partial charge in [-0.15, -0.1) is 12.4 Å². The van der Waals surface area contributed by atoms with Crippen LogP contribution < -0.4 is 11.1 Å². The summed E-state index contributed by atoms with van der Waals surface area (Å²) >= 11 is 0. The van der Waals surface area contributed by atoms with E-state index in [1.165, 1.54) is 12.5 Å². The Kier molecular flexibility index (Phi) is 6.35. The number of fused-ring (bicyclic) bond motifs is 2. The van der Waals surface area contributed by atoms with Gasteiger partial charge in [-0.1, -0.05) is 29.8 Å². The number of hydrogen-bond donors (Lipinski definition) is 2. The minimum absolute atomic E-state index is 0. The molecule has 3 unspecified atom stereocenters. The third-order valence-electron chi connectivity index (χ3n) is 6.09. The van der Waals surface area contributed by atoms with Crippen LogP contribution >= 0.6 is 12.4 Å². The lowest BCUT2D eigenvalue weighted by atomic mass is 9.65. The van der Waals surface area contributed by atoms with Crippen molar-refractivity contribution in [1.29, 1.82) is 0 Å². The largest absolute Gasteiger partial charge is 0.342 e. The van der Waals surface area contributed by atoms with E-state index in [0.717, 1.165) is 25.7 Å². The Morgan fingerprint density at radius 2 is 1.96 bits per heavy atom. The lowest BCUT2D eigenvalue weighted by Crippen LogP contribution is -2.49. The molecule has 6 nitrogen and oxygen atoms in total. The summed E-state index contributed by atoms with van der Waals surface area (Å²) in [4.78, 5) is 17.3. The van der Waals surface area contributed by atoms with Crippen LogP contribution in [0.2, 0.25) is 0 Å². The summed E-state index contributed by atoms with van der Waals surface area (Å²) in [5.74, 6) is 0.822. The number of aromatic nitrogens is 2. The summed E-state index contributed by atoms with van der Waals surface area (Å²) in [6.07, 6.45) is 4.94. The molecule has 3 atom stereocenters. The van der Waals surface area contributed by atoms with Crippen molar-refractivity contribution in [1.82, 2.24) is 15.5 Å². The standard InChI is InChI=1S/C20H25FN4O2.ClH/c1-11-23-19(25-27-11)18(15-7-2-3-8-16(15)21)24-20(26)14-9-12-5-4-6-13(10-14)17(12)22;/h2-3,7-8,12-14,17-18H,4-6,9-10,22H2,1H3,(H,24,26);1H. The number of halogens is 2. The molecule has 2 saturated carbocycles. The summed E-state index contributed by atoms with van der Waals surface area (Å²) in [6.45, 7) is 1.67. The Morgan fingerprint density at radius 3 is 2.57 bits per heavy atom. The van der Waals surface area contributed by atoms with E-state index in [2.05, 4.69) is 15.5 Å². The maximum absolute atomic E-state index is 14.4. The summed E-state index contributed by atoms with van der Waals surface area (Å²) in [5, 5.41) is 6.89. The molecule has 8 heteroatoms. The molecule has 0 spiro atoms. The zero-order valence-electron chi connectivity index (χ0n) is 15.8. The highest BCUT2D eigenvalue weighted by molar-refractivity contribution is 5.85. The van der Waals surface area contributed by atoms with Crippen LogP contribution in [0.15, 0.2) is 28.8 Å². The summed E-state index contributed by atoms with van der Waals surface area (Å²) in [7, 11) is 0. The lowest BCUT2D eigenvalue weighted by Gasteiger charge is -2.43. The average Bonchev–Trinajstić information content (AvgIpc) is 3.06. The quantitative estimate of drug-likeness (QED) is 0.809. The monoisotopic (exact) mass is 408 g/mol. The minimum atomic E-state index is -0.772. The number of nitrogens with one attached hydrogen (secondary N) is 1. The van der Waals surface area contributed by atoms with Gasteiger partial charge in [0.15, 0.2) is 5.82 Å². The van der Waals surface area contributed by atoms with Crippen LogP contribution in [-0.2, 0) is 4.79 Å². The van der Waals surface area contributed by atoms with Crippen LogP contribution in [0.3, 0.4) is 0 Å². The maximum Gasteiger partial charge on any atom is 0.223 e. The van der Waals surface area contributed by atoms with E-state index in [-0.39, 0.29) is 36.1 Å². The van der Waals surface area contributed by atoms with Gasteiger partial charge in [0.1, 0.15) is 11.9 Å². The maximum atomic E-state index is 14.4. The smallest absolute Gasteiger partial charge is 0.223 e. The Hall–Kier alpha value is -1.99. The number of carbonyl (C=O) groups is 1. The number of nitrogens with two attached hydrogens (primary N) is 1. The molecule has 2 aliphatic rings. The molecule has 2 aromatic rings. The summed E-state index contributed by atoms with van der Waals surface area (Å²) in [5.41, 5.74) is 6.67. The Bertz CT molecular complexity index is 816. The van der Waals surface area contributed by atoms with Crippen LogP contribution in [0.1, 0.15) is 55.4 Å². The molecular formula is C20H26ClFN4O2. The van der Waals surface area contributed by atoms with Gasteiger partial charge < -0.3 is 15.6 Å². The second-order valence-electron chi connectivity index (χ2n) is 7.83. The molecular weight excluding hydrogens is 383 g/mol. The van der Waals surface area contributed by atoms with E-state index in [1.807, 2.05) is 0 Å². The summed E-state index contributed by atoms with van der Waals surface area (Å²) in [6, 6.07) is 5.78. The van der Waals surface area contributed by atoms with Crippen molar-refractivity contribution in [2.45, 2.75) is 51.1 Å². The van der Waals surface area contributed by atoms with Crippen LogP contribution in [-0.4, -0.2) is 22.1 Å². The summed E-state index contributed by atoms with van der Waals surface area (Å²) < 4.78 is 19.5. The topological polar surface area (TPSA) is 94.0 Å². The van der Waals surface area contributed by atoms with Crippen LogP contribution in [0, 0.1) is 30.5 Å². The molecule has 152 valence electrons. The first-order valence-electron chi connectivity index (χ1n) is 9.63. The number of amides is 1. The fourth-order valence-corrected chi connectivity index (χ4v) is 4.69. The van der Waals surface area contributed by atoms with E-state index >= 15 is 0 Å². The molecule has 1 aromatic heterocycles. The molecule has 4 rings (SSSR count). The Labute approximate surface area is 169 Å². The second-order valence-corrected chi connectivity index (χ2v) is 7.83. The lowest BCUT2D eigenvalue weighted by molar-refractivity contribution is -0.128. The molecule has 1 heterocycles. The highest BCUT2D eigenvalue weighted by Crippen LogP contribution is 2.42. The number of carbonyl (C=O) groups excluding carboxylic acids is 1. The number of hydrogen-bond acceptors (Lipinski definition) is 5. The minimum Gasteiger partial charge on any atom is -0.342 e. The number of rotatable bonds is 4. The van der Waals surface area contributed by atoms with Crippen molar-refractivity contribution in [3.63, 3.8) is 0 Å². The average molecular weight is 409 g/mol. The zero-order chi connectivity index (χ0) is 19.0. The van der Waals surface area contributed by atoms with E-state index in [4.69, 9.17) is 10.3 Å². The molecule has 1 aromatic carbocycles. The van der Waals surface area contributed by atoms with Gasteiger partial charge in [0, 0.05) is 24.4 Å². The van der Waals surface area contributed by atoms with Gasteiger partial charge in [-0.05, 0) is 43.6 Å². The van der Waals surface area contributed by atoms with Crippen molar-refractivity contribution in [2.75, 3.05) is 0 Å². The van der Waals surface area contributed by atoms with E-state index in [9.17, 15) is 9.18 Å². The van der Waals surface area contributed by atoms with Gasteiger partial charge >= 0.3 is 0 Å². The van der Waals surface area contributed by atoms with Gasteiger partial charge in [0.25, 0.3) is 0 Å². The second kappa shape index (κ2) is 8.57.